The van der Waals surface area contributed by atoms with Crippen LogP contribution in [-0.2, 0) is 0 Å². The van der Waals surface area contributed by atoms with Crippen molar-refractivity contribution in [3.05, 3.63) is 29.8 Å². The largest absolute Gasteiger partial charge is 0.493 e. The topological polar surface area (TPSA) is 95.9 Å². The van der Waals surface area contributed by atoms with Gasteiger partial charge in [0.15, 0.2) is 0 Å². The molecule has 0 amide bonds. The van der Waals surface area contributed by atoms with Gasteiger partial charge in [-0.15, -0.1) is 0 Å². The third kappa shape index (κ3) is 5.63. The molecular weight excluding hydrogens is 270 g/mol. The number of aliphatic hydroxyl groups excluding tert-OH is 1. The summed E-state index contributed by atoms with van der Waals surface area (Å²) < 4.78 is 5.80. The monoisotopic (exact) mass is 295 g/mol. The maximum atomic E-state index is 9.94. The molecule has 1 saturated carbocycles. The second-order valence-corrected chi connectivity index (χ2v) is 5.99. The van der Waals surface area contributed by atoms with E-state index in [0.717, 1.165) is 0 Å². The van der Waals surface area contributed by atoms with E-state index in [4.69, 9.17) is 20.7 Å². The first-order valence-electron chi connectivity index (χ1n) is 7.58. The van der Waals surface area contributed by atoms with Crippen molar-refractivity contribution in [2.75, 3.05) is 6.61 Å². The number of aliphatic hydroxyl groups is 3. The fourth-order valence-corrected chi connectivity index (χ4v) is 2.78. The standard InChI is InChI=1S/C16H25NO4/c17-16(19,20)10-15(18)13-7-4-8-14(9-13)21-11-12-5-2-1-3-6-12/h4,7-9,12,15,18-20H,1-3,5-6,10-11,17H2. The first-order valence-corrected chi connectivity index (χ1v) is 7.58. The first-order chi connectivity index (χ1) is 9.94. The van der Waals surface area contributed by atoms with Gasteiger partial charge in [-0.3, -0.25) is 5.73 Å². The number of nitrogens with two attached hydrogens (primary N) is 1. The molecule has 1 aliphatic carbocycles. The molecule has 2 rings (SSSR count). The van der Waals surface area contributed by atoms with Gasteiger partial charge in [-0.25, -0.2) is 0 Å². The summed E-state index contributed by atoms with van der Waals surface area (Å²) in [5.41, 5.74) is 5.65. The molecule has 1 atom stereocenters. The number of rotatable bonds is 6. The maximum Gasteiger partial charge on any atom is 0.222 e. The van der Waals surface area contributed by atoms with Crippen LogP contribution in [0.3, 0.4) is 0 Å². The quantitative estimate of drug-likeness (QED) is 0.599. The zero-order valence-corrected chi connectivity index (χ0v) is 12.2. The Hall–Kier alpha value is -1.14. The normalized spacial score (nSPS) is 18.5. The lowest BCUT2D eigenvalue weighted by Crippen LogP contribution is -2.40. The van der Waals surface area contributed by atoms with Gasteiger partial charge in [-0.2, -0.15) is 0 Å². The van der Waals surface area contributed by atoms with Gasteiger partial charge in [0.25, 0.3) is 0 Å². The number of hydrogen-bond acceptors (Lipinski definition) is 5. The van der Waals surface area contributed by atoms with Crippen LogP contribution in [0.25, 0.3) is 0 Å². The van der Waals surface area contributed by atoms with Crippen LogP contribution < -0.4 is 10.5 Å². The molecule has 0 spiro atoms. The SMILES string of the molecule is NC(O)(O)CC(O)c1cccc(OCC2CCCCC2)c1. The van der Waals surface area contributed by atoms with Gasteiger partial charge in [0, 0.05) is 6.42 Å². The Bertz CT molecular complexity index is 438. The van der Waals surface area contributed by atoms with Crippen molar-refractivity contribution in [1.29, 1.82) is 0 Å². The van der Waals surface area contributed by atoms with Crippen LogP contribution in [0.1, 0.15) is 50.2 Å². The lowest BCUT2D eigenvalue weighted by atomic mass is 9.90. The van der Waals surface area contributed by atoms with Gasteiger partial charge in [0.1, 0.15) is 5.75 Å². The third-order valence-electron chi connectivity index (χ3n) is 3.95. The van der Waals surface area contributed by atoms with Crippen molar-refractivity contribution < 1.29 is 20.1 Å². The summed E-state index contributed by atoms with van der Waals surface area (Å²) in [6.07, 6.45) is 4.92. The summed E-state index contributed by atoms with van der Waals surface area (Å²) >= 11 is 0. The fourth-order valence-electron chi connectivity index (χ4n) is 2.78. The molecule has 0 aliphatic heterocycles. The molecule has 1 unspecified atom stereocenters. The zero-order valence-electron chi connectivity index (χ0n) is 12.2. The predicted octanol–water partition coefficient (Wildman–Crippen LogP) is 1.67. The summed E-state index contributed by atoms with van der Waals surface area (Å²) in [6.45, 7) is 0.695. The van der Waals surface area contributed by atoms with Gasteiger partial charge >= 0.3 is 0 Å². The van der Waals surface area contributed by atoms with E-state index in [1.165, 1.54) is 32.1 Å². The lowest BCUT2D eigenvalue weighted by Gasteiger charge is -2.22. The van der Waals surface area contributed by atoms with Crippen LogP contribution in [0.5, 0.6) is 5.75 Å². The van der Waals surface area contributed by atoms with E-state index >= 15 is 0 Å². The van der Waals surface area contributed by atoms with E-state index in [-0.39, 0.29) is 6.42 Å². The minimum Gasteiger partial charge on any atom is -0.493 e. The van der Waals surface area contributed by atoms with Crippen molar-refractivity contribution in [2.45, 2.75) is 50.5 Å². The highest BCUT2D eigenvalue weighted by molar-refractivity contribution is 5.30. The smallest absolute Gasteiger partial charge is 0.222 e. The van der Waals surface area contributed by atoms with Crippen LogP contribution in [0.4, 0.5) is 0 Å². The molecule has 0 bridgehead atoms. The van der Waals surface area contributed by atoms with E-state index in [0.29, 0.717) is 23.8 Å². The van der Waals surface area contributed by atoms with Crippen molar-refractivity contribution in [1.82, 2.24) is 0 Å². The van der Waals surface area contributed by atoms with Crippen molar-refractivity contribution in [3.8, 4) is 5.75 Å². The molecule has 0 heterocycles. The van der Waals surface area contributed by atoms with Crippen LogP contribution in [0.2, 0.25) is 0 Å². The molecule has 0 saturated heterocycles. The van der Waals surface area contributed by atoms with Crippen molar-refractivity contribution in [2.24, 2.45) is 11.7 Å². The summed E-state index contributed by atoms with van der Waals surface area (Å²) in [5.74, 6) is -1.08. The number of hydrogen-bond donors (Lipinski definition) is 4. The molecule has 21 heavy (non-hydrogen) atoms. The Morgan fingerprint density at radius 3 is 2.62 bits per heavy atom. The van der Waals surface area contributed by atoms with Gasteiger partial charge in [0.2, 0.25) is 5.91 Å². The molecule has 1 fully saturated rings. The third-order valence-corrected chi connectivity index (χ3v) is 3.95. The van der Waals surface area contributed by atoms with Crippen LogP contribution in [-0.4, -0.2) is 27.8 Å². The first kappa shape index (κ1) is 16.2. The molecule has 5 N–H and O–H groups in total. The van der Waals surface area contributed by atoms with E-state index < -0.39 is 12.0 Å². The van der Waals surface area contributed by atoms with Gasteiger partial charge < -0.3 is 20.1 Å². The van der Waals surface area contributed by atoms with Crippen molar-refractivity contribution in [3.63, 3.8) is 0 Å². The average Bonchev–Trinajstić information content (AvgIpc) is 2.45. The highest BCUT2D eigenvalue weighted by atomic mass is 16.5. The second kappa shape index (κ2) is 7.22. The summed E-state index contributed by atoms with van der Waals surface area (Å²) in [5, 5.41) is 28.2. The molecule has 5 nitrogen and oxygen atoms in total. The Balaban J connectivity index is 1.90. The Morgan fingerprint density at radius 2 is 1.95 bits per heavy atom. The van der Waals surface area contributed by atoms with Gasteiger partial charge in [-0.05, 0) is 36.5 Å². The zero-order chi connectivity index (χ0) is 15.3. The summed E-state index contributed by atoms with van der Waals surface area (Å²) in [7, 11) is 0. The fraction of sp³-hybridized carbons (Fsp3) is 0.625. The van der Waals surface area contributed by atoms with Crippen molar-refractivity contribution >= 4 is 0 Å². The Kier molecular flexibility index (Phi) is 5.58. The van der Waals surface area contributed by atoms with Crippen LogP contribution in [0.15, 0.2) is 24.3 Å². The minimum atomic E-state index is -2.38. The maximum absolute atomic E-state index is 9.94. The molecular formula is C16H25NO4. The predicted molar refractivity (Wildman–Crippen MR) is 79.4 cm³/mol. The lowest BCUT2D eigenvalue weighted by molar-refractivity contribution is -0.176. The number of benzene rings is 1. The Labute approximate surface area is 125 Å². The number of ether oxygens (including phenoxy) is 1. The highest BCUT2D eigenvalue weighted by Crippen LogP contribution is 2.27. The van der Waals surface area contributed by atoms with Gasteiger partial charge in [-0.1, -0.05) is 31.4 Å². The average molecular weight is 295 g/mol. The minimum absolute atomic E-state index is 0.348. The molecule has 118 valence electrons. The van der Waals surface area contributed by atoms with Crippen LogP contribution >= 0.6 is 0 Å². The molecule has 1 aromatic carbocycles. The van der Waals surface area contributed by atoms with Gasteiger partial charge in [0.05, 0.1) is 12.7 Å². The molecule has 0 radical (unpaired) electrons. The molecule has 0 aromatic heterocycles. The molecule has 5 heteroatoms. The van der Waals surface area contributed by atoms with E-state index in [1.807, 2.05) is 6.07 Å². The molecule has 1 aromatic rings. The van der Waals surface area contributed by atoms with E-state index in [1.54, 1.807) is 18.2 Å². The summed E-state index contributed by atoms with van der Waals surface area (Å²) in [4.78, 5) is 0. The summed E-state index contributed by atoms with van der Waals surface area (Å²) in [6, 6.07) is 7.05. The second-order valence-electron chi connectivity index (χ2n) is 5.99. The van der Waals surface area contributed by atoms with Crippen LogP contribution in [0, 0.1) is 5.92 Å². The molecule has 1 aliphatic rings. The highest BCUT2D eigenvalue weighted by Gasteiger charge is 2.23. The van der Waals surface area contributed by atoms with E-state index in [2.05, 4.69) is 0 Å². The van der Waals surface area contributed by atoms with E-state index in [9.17, 15) is 5.11 Å². The Morgan fingerprint density at radius 1 is 1.24 bits per heavy atom.